The van der Waals surface area contributed by atoms with Gasteiger partial charge in [-0.1, -0.05) is 30.8 Å². The van der Waals surface area contributed by atoms with Crippen molar-refractivity contribution >= 4 is 5.84 Å². The van der Waals surface area contributed by atoms with Crippen LogP contribution in [-0.4, -0.2) is 5.84 Å². The predicted octanol–water partition coefficient (Wildman–Crippen LogP) is 1.84. The second-order valence-electron chi connectivity index (χ2n) is 2.51. The Balaban J connectivity index is 3.10. The monoisotopic (exact) mass is 160 g/mol. The summed E-state index contributed by atoms with van der Waals surface area (Å²) in [5, 5.41) is 0. The van der Waals surface area contributed by atoms with Crippen molar-refractivity contribution in [2.24, 2.45) is 10.7 Å². The Morgan fingerprint density at radius 3 is 2.75 bits per heavy atom. The average molecular weight is 160 g/mol. The highest BCUT2D eigenvalue weighted by Crippen LogP contribution is 2.05. The zero-order valence-electron chi connectivity index (χ0n) is 7.12. The lowest BCUT2D eigenvalue weighted by atomic mass is 10.1. The molecule has 1 rings (SSSR count). The molecule has 2 nitrogen and oxygen atoms in total. The molecule has 0 radical (unpaired) electrons. The minimum absolute atomic E-state index is 0.517. The third-order valence-corrected chi connectivity index (χ3v) is 1.65. The van der Waals surface area contributed by atoms with E-state index >= 15 is 0 Å². The van der Waals surface area contributed by atoms with Crippen LogP contribution in [0.3, 0.4) is 0 Å². The van der Waals surface area contributed by atoms with Crippen LogP contribution in [0.5, 0.6) is 0 Å². The molecule has 1 aromatic rings. The lowest BCUT2D eigenvalue weighted by molar-refractivity contribution is 1.39. The molecule has 12 heavy (non-hydrogen) atoms. The molecule has 0 aliphatic carbocycles. The lowest BCUT2D eigenvalue weighted by Gasteiger charge is -2.02. The molecule has 0 bridgehead atoms. The summed E-state index contributed by atoms with van der Waals surface area (Å²) in [5.41, 5.74) is 7.78. The molecular formula is C10H12N2. The Kier molecular flexibility index (Phi) is 2.64. The van der Waals surface area contributed by atoms with E-state index in [1.807, 2.05) is 31.2 Å². The Labute approximate surface area is 72.4 Å². The van der Waals surface area contributed by atoms with Crippen LogP contribution in [0.1, 0.15) is 11.1 Å². The maximum Gasteiger partial charge on any atom is 0.130 e. The zero-order valence-corrected chi connectivity index (χ0v) is 7.12. The van der Waals surface area contributed by atoms with Crippen molar-refractivity contribution in [3.63, 3.8) is 0 Å². The summed E-state index contributed by atoms with van der Waals surface area (Å²) in [6.07, 6.45) is 1.45. The number of hydrogen-bond acceptors (Lipinski definition) is 1. The number of aliphatic imine (C=N–C) groups is 1. The topological polar surface area (TPSA) is 38.4 Å². The first-order valence-corrected chi connectivity index (χ1v) is 3.76. The van der Waals surface area contributed by atoms with Gasteiger partial charge in [-0.05, 0) is 12.5 Å². The fourth-order valence-corrected chi connectivity index (χ4v) is 1.03. The van der Waals surface area contributed by atoms with Gasteiger partial charge in [0, 0.05) is 11.8 Å². The first kappa shape index (κ1) is 8.53. The highest BCUT2D eigenvalue weighted by atomic mass is 14.8. The van der Waals surface area contributed by atoms with E-state index in [0.29, 0.717) is 5.84 Å². The van der Waals surface area contributed by atoms with Crippen molar-refractivity contribution in [2.45, 2.75) is 6.92 Å². The molecule has 0 saturated heterocycles. The first-order valence-electron chi connectivity index (χ1n) is 3.76. The maximum absolute atomic E-state index is 5.69. The number of nitrogens with zero attached hydrogens (tertiary/aromatic N) is 1. The van der Waals surface area contributed by atoms with E-state index in [1.165, 1.54) is 6.20 Å². The van der Waals surface area contributed by atoms with Gasteiger partial charge in [-0.15, -0.1) is 0 Å². The van der Waals surface area contributed by atoms with Crippen LogP contribution in [0.25, 0.3) is 0 Å². The number of nitrogens with two attached hydrogens (primary N) is 1. The Bertz CT molecular complexity index is 313. The maximum atomic E-state index is 5.69. The summed E-state index contributed by atoms with van der Waals surface area (Å²) < 4.78 is 0. The molecule has 0 aromatic heterocycles. The quantitative estimate of drug-likeness (QED) is 0.520. The summed E-state index contributed by atoms with van der Waals surface area (Å²) in [6, 6.07) is 7.85. The lowest BCUT2D eigenvalue weighted by Crippen LogP contribution is -2.13. The van der Waals surface area contributed by atoms with Crippen LogP contribution in [0.15, 0.2) is 42.0 Å². The largest absolute Gasteiger partial charge is 0.383 e. The molecule has 0 heterocycles. The number of benzene rings is 1. The molecule has 0 amide bonds. The highest BCUT2D eigenvalue weighted by Gasteiger charge is 1.98. The standard InChI is InChI=1S/C10H12N2/c1-3-12-10(11)9-7-5-4-6-8(9)2/h3-7H,1H2,2H3,(H2,11,12). The third-order valence-electron chi connectivity index (χ3n) is 1.65. The molecule has 2 N–H and O–H groups in total. The minimum Gasteiger partial charge on any atom is -0.383 e. The number of amidine groups is 1. The molecule has 0 spiro atoms. The van der Waals surface area contributed by atoms with Crippen molar-refractivity contribution in [1.29, 1.82) is 0 Å². The van der Waals surface area contributed by atoms with Gasteiger partial charge in [0.15, 0.2) is 0 Å². The van der Waals surface area contributed by atoms with Crippen LogP contribution in [0, 0.1) is 6.92 Å². The van der Waals surface area contributed by atoms with Crippen LogP contribution < -0.4 is 5.73 Å². The van der Waals surface area contributed by atoms with E-state index in [9.17, 15) is 0 Å². The van der Waals surface area contributed by atoms with Gasteiger partial charge in [0.2, 0.25) is 0 Å². The van der Waals surface area contributed by atoms with Crippen LogP contribution in [0.4, 0.5) is 0 Å². The normalized spacial score (nSPS) is 11.2. The first-order chi connectivity index (χ1) is 5.75. The molecular weight excluding hydrogens is 148 g/mol. The molecule has 0 aliphatic heterocycles. The average Bonchev–Trinajstić information content (AvgIpc) is 2.05. The van der Waals surface area contributed by atoms with Gasteiger partial charge in [0.1, 0.15) is 5.84 Å². The van der Waals surface area contributed by atoms with E-state index < -0.39 is 0 Å². The van der Waals surface area contributed by atoms with Gasteiger partial charge >= 0.3 is 0 Å². The van der Waals surface area contributed by atoms with Crippen molar-refractivity contribution in [3.05, 3.63) is 48.2 Å². The van der Waals surface area contributed by atoms with Crippen molar-refractivity contribution < 1.29 is 0 Å². The minimum atomic E-state index is 0.517. The highest BCUT2D eigenvalue weighted by molar-refractivity contribution is 5.99. The van der Waals surface area contributed by atoms with Crippen molar-refractivity contribution in [3.8, 4) is 0 Å². The van der Waals surface area contributed by atoms with E-state index in [0.717, 1.165) is 11.1 Å². The van der Waals surface area contributed by atoms with Gasteiger partial charge in [0.05, 0.1) is 0 Å². The van der Waals surface area contributed by atoms with E-state index in [4.69, 9.17) is 5.73 Å². The molecule has 2 heteroatoms. The number of rotatable bonds is 2. The summed E-state index contributed by atoms with van der Waals surface area (Å²) in [7, 11) is 0. The smallest absolute Gasteiger partial charge is 0.130 e. The molecule has 0 saturated carbocycles. The summed E-state index contributed by atoms with van der Waals surface area (Å²) in [6.45, 7) is 5.49. The summed E-state index contributed by atoms with van der Waals surface area (Å²) in [4.78, 5) is 3.91. The Hall–Kier alpha value is -1.57. The summed E-state index contributed by atoms with van der Waals surface area (Å²) >= 11 is 0. The fraction of sp³-hybridized carbons (Fsp3) is 0.100. The summed E-state index contributed by atoms with van der Waals surface area (Å²) in [5.74, 6) is 0.517. The van der Waals surface area contributed by atoms with E-state index in [2.05, 4.69) is 11.6 Å². The Morgan fingerprint density at radius 2 is 2.17 bits per heavy atom. The molecule has 1 aromatic carbocycles. The van der Waals surface area contributed by atoms with Crippen LogP contribution >= 0.6 is 0 Å². The second kappa shape index (κ2) is 3.72. The van der Waals surface area contributed by atoms with Gasteiger partial charge in [0.25, 0.3) is 0 Å². The van der Waals surface area contributed by atoms with Gasteiger partial charge in [-0.3, -0.25) is 0 Å². The van der Waals surface area contributed by atoms with Crippen molar-refractivity contribution in [2.75, 3.05) is 0 Å². The van der Waals surface area contributed by atoms with Gasteiger partial charge in [-0.25, -0.2) is 4.99 Å². The molecule has 0 aliphatic rings. The number of hydrogen-bond donors (Lipinski definition) is 1. The van der Waals surface area contributed by atoms with Crippen LogP contribution in [-0.2, 0) is 0 Å². The number of aryl methyl sites for hydroxylation is 1. The van der Waals surface area contributed by atoms with E-state index in [1.54, 1.807) is 0 Å². The SMILES string of the molecule is C=C/N=C(/N)c1ccccc1C. The van der Waals surface area contributed by atoms with Crippen molar-refractivity contribution in [1.82, 2.24) is 0 Å². The molecule has 0 fully saturated rings. The van der Waals surface area contributed by atoms with E-state index in [-0.39, 0.29) is 0 Å². The van der Waals surface area contributed by atoms with Crippen LogP contribution in [0.2, 0.25) is 0 Å². The second-order valence-corrected chi connectivity index (χ2v) is 2.51. The van der Waals surface area contributed by atoms with Gasteiger partial charge in [-0.2, -0.15) is 0 Å². The predicted molar refractivity (Wildman–Crippen MR) is 52.1 cm³/mol. The third kappa shape index (κ3) is 1.72. The molecule has 0 atom stereocenters. The molecule has 62 valence electrons. The zero-order chi connectivity index (χ0) is 8.97. The van der Waals surface area contributed by atoms with Gasteiger partial charge < -0.3 is 5.73 Å². The fourth-order valence-electron chi connectivity index (χ4n) is 1.03. The molecule has 0 unspecified atom stereocenters. The Morgan fingerprint density at radius 1 is 1.50 bits per heavy atom.